The van der Waals surface area contributed by atoms with Gasteiger partial charge in [-0.05, 0) is 41.5 Å². The molecule has 104 valence electrons. The Morgan fingerprint density at radius 1 is 1.11 bits per heavy atom. The van der Waals surface area contributed by atoms with E-state index >= 15 is 0 Å². The molecule has 0 bridgehead atoms. The lowest BCUT2D eigenvalue weighted by molar-refractivity contribution is -0.131. The first kappa shape index (κ1) is 14.8. The summed E-state index contributed by atoms with van der Waals surface area (Å²) in [6.45, 7) is 12.2. The molecule has 1 heterocycles. The average Bonchev–Trinajstić information content (AvgIpc) is 1.91. The van der Waals surface area contributed by atoms with Gasteiger partial charge < -0.3 is 15.0 Å². The van der Waals surface area contributed by atoms with Crippen LogP contribution in [-0.4, -0.2) is 41.1 Å². The number of hydrogen-bond donors (Lipinski definition) is 1. The zero-order chi connectivity index (χ0) is 14.1. The van der Waals surface area contributed by atoms with Crippen LogP contribution in [0.15, 0.2) is 0 Å². The van der Waals surface area contributed by atoms with Gasteiger partial charge >= 0.3 is 6.09 Å². The van der Waals surface area contributed by atoms with Gasteiger partial charge in [-0.2, -0.15) is 0 Å². The van der Waals surface area contributed by atoms with E-state index in [4.69, 9.17) is 4.74 Å². The second kappa shape index (κ2) is 4.78. The number of carbonyl (C=O) groups excluding carboxylic acids is 2. The quantitative estimate of drug-likeness (QED) is 0.778. The van der Waals surface area contributed by atoms with E-state index in [2.05, 4.69) is 5.32 Å². The number of likely N-dealkylation sites (tertiary alicyclic amines) is 1. The van der Waals surface area contributed by atoms with E-state index in [0.29, 0.717) is 13.1 Å². The molecule has 1 rings (SSSR count). The number of hydrogen-bond acceptors (Lipinski definition) is 3. The zero-order valence-electron chi connectivity index (χ0n) is 12.2. The fourth-order valence-corrected chi connectivity index (χ4v) is 1.59. The average molecular weight is 256 g/mol. The SMILES string of the molecule is CC(C)(C)NC(=O)C1CN(C(=O)OC(C)(C)C)C1. The van der Waals surface area contributed by atoms with Crippen molar-refractivity contribution in [2.45, 2.75) is 52.7 Å². The molecule has 0 spiro atoms. The minimum absolute atomic E-state index is 0.00214. The molecular formula is C13H24N2O3. The highest BCUT2D eigenvalue weighted by atomic mass is 16.6. The van der Waals surface area contributed by atoms with E-state index in [0.717, 1.165) is 0 Å². The maximum Gasteiger partial charge on any atom is 0.410 e. The summed E-state index contributed by atoms with van der Waals surface area (Å²) in [5.41, 5.74) is -0.723. The summed E-state index contributed by atoms with van der Waals surface area (Å²) in [6, 6.07) is 0. The molecule has 0 aliphatic carbocycles. The third-order valence-electron chi connectivity index (χ3n) is 2.40. The lowest BCUT2D eigenvalue weighted by Crippen LogP contribution is -2.58. The predicted molar refractivity (Wildman–Crippen MR) is 69.2 cm³/mol. The number of amides is 2. The molecule has 0 aromatic rings. The highest BCUT2D eigenvalue weighted by Crippen LogP contribution is 2.20. The topological polar surface area (TPSA) is 58.6 Å². The molecule has 2 amide bonds. The van der Waals surface area contributed by atoms with Crippen molar-refractivity contribution in [3.63, 3.8) is 0 Å². The summed E-state index contributed by atoms with van der Waals surface area (Å²) in [6.07, 6.45) is -0.345. The molecule has 5 heteroatoms. The standard InChI is InChI=1S/C13H24N2O3/c1-12(2,3)14-10(16)9-7-15(8-9)11(17)18-13(4,5)6/h9H,7-8H2,1-6H3,(H,14,16). The Bertz CT molecular complexity index is 301. The molecule has 0 aromatic carbocycles. The fraction of sp³-hybridized carbons (Fsp3) is 0.846. The Morgan fingerprint density at radius 3 is 2.00 bits per heavy atom. The van der Waals surface area contributed by atoms with Crippen molar-refractivity contribution in [1.29, 1.82) is 0 Å². The van der Waals surface area contributed by atoms with Crippen molar-refractivity contribution < 1.29 is 14.3 Å². The fourth-order valence-electron chi connectivity index (χ4n) is 1.59. The first-order valence-corrected chi connectivity index (χ1v) is 6.28. The minimum Gasteiger partial charge on any atom is -0.444 e. The monoisotopic (exact) mass is 256 g/mol. The lowest BCUT2D eigenvalue weighted by atomic mass is 9.98. The summed E-state index contributed by atoms with van der Waals surface area (Å²) < 4.78 is 5.23. The molecule has 1 saturated heterocycles. The van der Waals surface area contributed by atoms with E-state index in [9.17, 15) is 9.59 Å². The number of nitrogens with one attached hydrogen (secondary N) is 1. The number of rotatable bonds is 1. The molecule has 0 atom stereocenters. The van der Waals surface area contributed by atoms with Crippen LogP contribution in [0.4, 0.5) is 4.79 Å². The van der Waals surface area contributed by atoms with E-state index in [1.54, 1.807) is 4.90 Å². The van der Waals surface area contributed by atoms with Gasteiger partial charge in [0.05, 0.1) is 5.92 Å². The van der Waals surface area contributed by atoms with Gasteiger partial charge in [0.25, 0.3) is 0 Å². The second-order valence-electron chi connectivity index (χ2n) is 6.82. The van der Waals surface area contributed by atoms with Gasteiger partial charge in [0.1, 0.15) is 5.60 Å². The molecule has 0 aromatic heterocycles. The van der Waals surface area contributed by atoms with Gasteiger partial charge in [0, 0.05) is 18.6 Å². The van der Waals surface area contributed by atoms with Gasteiger partial charge in [-0.15, -0.1) is 0 Å². The summed E-state index contributed by atoms with van der Waals surface area (Å²) in [4.78, 5) is 25.0. The van der Waals surface area contributed by atoms with Gasteiger partial charge in [-0.1, -0.05) is 0 Å². The molecule has 1 N–H and O–H groups in total. The maximum atomic E-state index is 11.8. The first-order chi connectivity index (χ1) is 7.98. The van der Waals surface area contributed by atoms with Crippen molar-refractivity contribution >= 4 is 12.0 Å². The van der Waals surface area contributed by atoms with Gasteiger partial charge in [0.2, 0.25) is 5.91 Å². The Morgan fingerprint density at radius 2 is 1.61 bits per heavy atom. The molecule has 1 fully saturated rings. The summed E-state index contributed by atoms with van der Waals surface area (Å²) >= 11 is 0. The molecule has 1 aliphatic rings. The Kier molecular flexibility index (Phi) is 3.93. The smallest absolute Gasteiger partial charge is 0.410 e. The summed E-state index contributed by atoms with van der Waals surface area (Å²) in [7, 11) is 0. The van der Waals surface area contributed by atoms with Crippen molar-refractivity contribution in [3.05, 3.63) is 0 Å². The minimum atomic E-state index is -0.490. The van der Waals surface area contributed by atoms with Crippen LogP contribution in [0.3, 0.4) is 0 Å². The Labute approximate surface area is 109 Å². The zero-order valence-corrected chi connectivity index (χ0v) is 12.2. The van der Waals surface area contributed by atoms with E-state index in [1.165, 1.54) is 0 Å². The molecule has 0 saturated carbocycles. The molecule has 0 radical (unpaired) electrons. The van der Waals surface area contributed by atoms with Crippen molar-refractivity contribution in [2.75, 3.05) is 13.1 Å². The van der Waals surface area contributed by atoms with Crippen LogP contribution in [0.2, 0.25) is 0 Å². The van der Waals surface area contributed by atoms with Crippen molar-refractivity contribution in [3.8, 4) is 0 Å². The largest absolute Gasteiger partial charge is 0.444 e. The maximum absolute atomic E-state index is 11.8. The van der Waals surface area contributed by atoms with E-state index in [-0.39, 0.29) is 23.5 Å². The van der Waals surface area contributed by atoms with Gasteiger partial charge in [-0.25, -0.2) is 4.79 Å². The normalized spacial score (nSPS) is 17.1. The highest BCUT2D eigenvalue weighted by Gasteiger charge is 2.38. The van der Waals surface area contributed by atoms with Crippen molar-refractivity contribution in [2.24, 2.45) is 5.92 Å². The molecule has 5 nitrogen and oxygen atoms in total. The summed E-state index contributed by atoms with van der Waals surface area (Å²) in [5.74, 6) is -0.112. The van der Waals surface area contributed by atoms with E-state index < -0.39 is 5.60 Å². The molecule has 0 unspecified atom stereocenters. The third kappa shape index (κ3) is 4.55. The Hall–Kier alpha value is -1.26. The van der Waals surface area contributed by atoms with Crippen LogP contribution in [0, 0.1) is 5.92 Å². The predicted octanol–water partition coefficient (Wildman–Crippen LogP) is 1.77. The van der Waals surface area contributed by atoms with Gasteiger partial charge in [-0.3, -0.25) is 4.79 Å². The lowest BCUT2D eigenvalue weighted by Gasteiger charge is -2.39. The van der Waals surface area contributed by atoms with Crippen LogP contribution in [0.5, 0.6) is 0 Å². The highest BCUT2D eigenvalue weighted by molar-refractivity contribution is 5.83. The third-order valence-corrected chi connectivity index (χ3v) is 2.40. The van der Waals surface area contributed by atoms with Crippen LogP contribution in [0.1, 0.15) is 41.5 Å². The van der Waals surface area contributed by atoms with Crippen LogP contribution in [0.25, 0.3) is 0 Å². The summed E-state index contributed by atoms with van der Waals surface area (Å²) in [5, 5.41) is 2.91. The van der Waals surface area contributed by atoms with E-state index in [1.807, 2.05) is 41.5 Å². The molecular weight excluding hydrogens is 232 g/mol. The first-order valence-electron chi connectivity index (χ1n) is 6.28. The van der Waals surface area contributed by atoms with Crippen LogP contribution < -0.4 is 5.32 Å². The van der Waals surface area contributed by atoms with Crippen LogP contribution >= 0.6 is 0 Å². The number of carbonyl (C=O) groups is 2. The van der Waals surface area contributed by atoms with Gasteiger partial charge in [0.15, 0.2) is 0 Å². The number of ether oxygens (including phenoxy) is 1. The molecule has 1 aliphatic heterocycles. The second-order valence-corrected chi connectivity index (χ2v) is 6.82. The molecule has 18 heavy (non-hydrogen) atoms. The number of nitrogens with zero attached hydrogens (tertiary/aromatic N) is 1. The van der Waals surface area contributed by atoms with Crippen LogP contribution in [-0.2, 0) is 9.53 Å². The van der Waals surface area contributed by atoms with Crippen molar-refractivity contribution in [1.82, 2.24) is 10.2 Å². The Balaban J connectivity index is 2.36.